The molecule has 3 heterocycles. The molecular formula is C48H74FNO11. The monoisotopic (exact) mass is 860 g/mol. The van der Waals surface area contributed by atoms with Crippen molar-refractivity contribution in [2.45, 2.75) is 167 Å². The molecular weight excluding hydrogens is 786 g/mol. The lowest BCUT2D eigenvalue weighted by Crippen LogP contribution is -2.64. The van der Waals surface area contributed by atoms with Crippen molar-refractivity contribution in [1.82, 2.24) is 4.90 Å². The number of aliphatic hydroxyl groups is 1. The third-order valence-corrected chi connectivity index (χ3v) is 13.5. The maximum atomic E-state index is 16.3. The molecule has 1 aliphatic carbocycles. The zero-order valence-corrected chi connectivity index (χ0v) is 38.0. The summed E-state index contributed by atoms with van der Waals surface area (Å²) in [4.78, 5) is 58.0. The number of carbonyl (C=O) groups excluding carboxylic acids is 4. The first-order valence-corrected chi connectivity index (χ1v) is 22.5. The van der Waals surface area contributed by atoms with Gasteiger partial charge in [0.2, 0.25) is 5.79 Å². The lowest BCUT2D eigenvalue weighted by Gasteiger charge is -2.47. The molecule has 0 aromatic rings. The van der Waals surface area contributed by atoms with Crippen molar-refractivity contribution in [2.24, 2.45) is 29.6 Å². The van der Waals surface area contributed by atoms with E-state index >= 15 is 4.39 Å². The first-order chi connectivity index (χ1) is 29.0. The number of rotatable bonds is 11. The van der Waals surface area contributed by atoms with Crippen molar-refractivity contribution in [2.75, 3.05) is 34.0 Å². The minimum atomic E-state index is -2.57. The van der Waals surface area contributed by atoms with Crippen molar-refractivity contribution in [1.29, 1.82) is 0 Å². The smallest absolute Gasteiger partial charge is 0.329 e. The molecule has 0 spiro atoms. The number of hydrogen-bond donors (Lipinski definition) is 1. The molecule has 12 nitrogen and oxygen atoms in total. The van der Waals surface area contributed by atoms with Crippen molar-refractivity contribution >= 4 is 23.4 Å². The van der Waals surface area contributed by atoms with E-state index in [-0.39, 0.29) is 62.1 Å². The number of carbonyl (C=O) groups is 4. The molecule has 3 aliphatic heterocycles. The number of allylic oxidation sites excluding steroid dienone is 3. The lowest BCUT2D eigenvalue weighted by atomic mass is 9.81. The summed E-state index contributed by atoms with van der Waals surface area (Å²) in [5.41, 5.74) is 1.22. The Morgan fingerprint density at radius 3 is 2.21 bits per heavy atom. The number of cyclic esters (lactones) is 1. The van der Waals surface area contributed by atoms with Gasteiger partial charge in [0.15, 0.2) is 0 Å². The van der Waals surface area contributed by atoms with Crippen LogP contribution in [0.2, 0.25) is 0 Å². The number of alkyl halides is 1. The van der Waals surface area contributed by atoms with Gasteiger partial charge in [-0.1, -0.05) is 52.0 Å². The average molecular weight is 860 g/mol. The summed E-state index contributed by atoms with van der Waals surface area (Å²) in [5.74, 6) is -7.74. The maximum absolute atomic E-state index is 16.3. The highest BCUT2D eigenvalue weighted by Crippen LogP contribution is 2.40. The van der Waals surface area contributed by atoms with Gasteiger partial charge in [-0.2, -0.15) is 0 Å². The predicted molar refractivity (Wildman–Crippen MR) is 230 cm³/mol. The largest absolute Gasteiger partial charge is 0.456 e. The van der Waals surface area contributed by atoms with E-state index in [1.165, 1.54) is 19.1 Å². The maximum Gasteiger partial charge on any atom is 0.329 e. The standard InChI is InChI=1S/C48H74FNO11/c1-11-22-58-38-20-18-34(28-39(38)59-23-12-2)24-32(7)43-29(4)17-19-37(51)35(13-3)25-30(5)42(49)31(6)26-40(56-9)44-41(57-10)27-33(8)48(55,61-44)45(52)46(53)50-21-15-14-16-36(50)47(54)60-43/h11-12,24-25,29,31,33-36,38-44,55H,1-2,13-23,26-28H2,3-10H3/b30-25+,32-24?. The number of halogens is 1. The number of ether oxygens (including phenoxy) is 6. The molecule has 13 heteroatoms. The fraction of sp³-hybridized carbons (Fsp3) is 0.750. The molecule has 4 rings (SSSR count). The van der Waals surface area contributed by atoms with Crippen LogP contribution < -0.4 is 0 Å². The van der Waals surface area contributed by atoms with E-state index in [0.717, 1.165) is 18.4 Å². The average Bonchev–Trinajstić information content (AvgIpc) is 3.26. The molecule has 4 aliphatic rings. The SMILES string of the molecule is C=CCOC1CCC(C=C(C)C2OC(=O)C3CCCCN3C(=O)C(=O)C3(O)OC(C(OC)CC(C)C(F)/C(C)=C/C(CC)C(=O)CCC2C)C(OC)CC3C)CC1OCC=C. The van der Waals surface area contributed by atoms with Gasteiger partial charge in [-0.3, -0.25) is 14.4 Å². The Morgan fingerprint density at radius 1 is 0.918 bits per heavy atom. The number of Topliss-reactive ketones (excluding diaryl/α,β-unsaturated/α-hetero) is 2. The minimum absolute atomic E-state index is 0.0320. The second-order valence-electron chi connectivity index (χ2n) is 18.0. The number of esters is 1. The molecule has 14 unspecified atom stereocenters. The topological polar surface area (TPSA) is 147 Å². The first-order valence-electron chi connectivity index (χ1n) is 22.5. The molecule has 2 saturated heterocycles. The van der Waals surface area contributed by atoms with Crippen molar-refractivity contribution < 1.29 is 57.1 Å². The summed E-state index contributed by atoms with van der Waals surface area (Å²) in [7, 11) is 2.92. The van der Waals surface area contributed by atoms with Gasteiger partial charge in [0, 0.05) is 39.0 Å². The summed E-state index contributed by atoms with van der Waals surface area (Å²) in [5, 5.41) is 12.1. The summed E-state index contributed by atoms with van der Waals surface area (Å²) >= 11 is 0. The Labute approximate surface area is 363 Å². The molecule has 1 N–H and O–H groups in total. The molecule has 344 valence electrons. The first kappa shape index (κ1) is 50.6. The van der Waals surface area contributed by atoms with Crippen LogP contribution in [0.15, 0.2) is 48.6 Å². The normalized spacial score (nSPS) is 39.0. The van der Waals surface area contributed by atoms with E-state index in [9.17, 15) is 24.3 Å². The van der Waals surface area contributed by atoms with E-state index in [1.807, 2.05) is 20.8 Å². The fourth-order valence-corrected chi connectivity index (χ4v) is 9.78. The van der Waals surface area contributed by atoms with Gasteiger partial charge in [0.1, 0.15) is 30.2 Å². The fourth-order valence-electron chi connectivity index (χ4n) is 9.78. The second-order valence-corrected chi connectivity index (χ2v) is 18.0. The lowest BCUT2D eigenvalue weighted by molar-refractivity contribution is -0.302. The molecule has 0 radical (unpaired) electrons. The van der Waals surface area contributed by atoms with E-state index < -0.39 is 77.8 Å². The molecule has 61 heavy (non-hydrogen) atoms. The highest BCUT2D eigenvalue weighted by atomic mass is 19.1. The van der Waals surface area contributed by atoms with Gasteiger partial charge in [0.25, 0.3) is 11.7 Å². The number of ketones is 2. The van der Waals surface area contributed by atoms with E-state index in [2.05, 4.69) is 19.2 Å². The minimum Gasteiger partial charge on any atom is -0.456 e. The number of fused-ring (bicyclic) bond motifs is 3. The van der Waals surface area contributed by atoms with E-state index in [4.69, 9.17) is 28.4 Å². The predicted octanol–water partition coefficient (Wildman–Crippen LogP) is 7.22. The number of piperidine rings is 1. The van der Waals surface area contributed by atoms with Crippen molar-refractivity contribution in [3.05, 3.63) is 48.6 Å². The van der Waals surface area contributed by atoms with Crippen LogP contribution in [0, 0.1) is 29.6 Å². The molecule has 14 atom stereocenters. The van der Waals surface area contributed by atoms with Crippen LogP contribution in [0.25, 0.3) is 0 Å². The zero-order valence-electron chi connectivity index (χ0n) is 38.0. The number of methoxy groups -OCH3 is 2. The number of hydrogen-bond acceptors (Lipinski definition) is 11. The Kier molecular flexibility index (Phi) is 19.5. The molecule has 1 saturated carbocycles. The second kappa shape index (κ2) is 23.6. The van der Waals surface area contributed by atoms with Crippen LogP contribution in [-0.4, -0.2) is 122 Å². The highest BCUT2D eigenvalue weighted by Gasteiger charge is 2.56. The third-order valence-electron chi connectivity index (χ3n) is 13.5. The summed E-state index contributed by atoms with van der Waals surface area (Å²) in [6.45, 7) is 19.3. The van der Waals surface area contributed by atoms with Gasteiger partial charge >= 0.3 is 5.97 Å². The number of nitrogens with zero attached hydrogens (tertiary/aromatic N) is 1. The molecule has 1 amide bonds. The Bertz CT molecular complexity index is 1580. The van der Waals surface area contributed by atoms with Crippen LogP contribution in [0.4, 0.5) is 4.39 Å². The highest BCUT2D eigenvalue weighted by molar-refractivity contribution is 6.39. The Hall–Kier alpha value is -3.07. The van der Waals surface area contributed by atoms with Crippen LogP contribution >= 0.6 is 0 Å². The third kappa shape index (κ3) is 12.6. The van der Waals surface area contributed by atoms with E-state index in [0.29, 0.717) is 50.9 Å². The molecule has 0 aromatic heterocycles. The summed E-state index contributed by atoms with van der Waals surface area (Å²) in [6.07, 6.45) is 7.26. The van der Waals surface area contributed by atoms with Gasteiger partial charge in [0.05, 0.1) is 37.6 Å². The van der Waals surface area contributed by atoms with Gasteiger partial charge < -0.3 is 38.4 Å². The van der Waals surface area contributed by atoms with Crippen LogP contribution in [0.5, 0.6) is 0 Å². The quantitative estimate of drug-likeness (QED) is 0.128. The summed E-state index contributed by atoms with van der Waals surface area (Å²) < 4.78 is 52.6. The zero-order chi connectivity index (χ0) is 45.0. The Balaban J connectivity index is 1.74. The van der Waals surface area contributed by atoms with Crippen LogP contribution in [0.1, 0.15) is 112 Å². The van der Waals surface area contributed by atoms with Crippen LogP contribution in [-0.2, 0) is 47.6 Å². The van der Waals surface area contributed by atoms with Crippen molar-refractivity contribution in [3.63, 3.8) is 0 Å². The van der Waals surface area contributed by atoms with Gasteiger partial charge in [-0.25, -0.2) is 9.18 Å². The Morgan fingerprint density at radius 2 is 1.57 bits per heavy atom. The molecule has 3 fully saturated rings. The van der Waals surface area contributed by atoms with Crippen molar-refractivity contribution in [3.8, 4) is 0 Å². The number of amides is 1. The molecule has 2 bridgehead atoms. The van der Waals surface area contributed by atoms with Gasteiger partial charge in [-0.15, -0.1) is 13.2 Å². The van der Waals surface area contributed by atoms with Gasteiger partial charge in [-0.05, 0) is 107 Å². The van der Waals surface area contributed by atoms with Crippen LogP contribution in [0.3, 0.4) is 0 Å². The summed E-state index contributed by atoms with van der Waals surface area (Å²) in [6, 6.07) is -1.09. The van der Waals surface area contributed by atoms with E-state index in [1.54, 1.807) is 39.0 Å². The molecule has 0 aromatic carbocycles.